The second-order valence-corrected chi connectivity index (χ2v) is 4.13. The molecule has 0 bridgehead atoms. The highest BCUT2D eigenvalue weighted by Crippen LogP contribution is 2.11. The van der Waals surface area contributed by atoms with Gasteiger partial charge in [-0.05, 0) is 24.3 Å². The molecular formula is C8H16N6S. The fraction of sp³-hybridized carbons (Fsp3) is 0.750. The van der Waals surface area contributed by atoms with E-state index in [0.717, 1.165) is 12.5 Å². The van der Waals surface area contributed by atoms with E-state index in [1.165, 1.54) is 0 Å². The summed E-state index contributed by atoms with van der Waals surface area (Å²) in [7, 11) is 1.81. The highest BCUT2D eigenvalue weighted by molar-refractivity contribution is 7.80. The molecule has 0 unspecified atom stereocenters. The van der Waals surface area contributed by atoms with Gasteiger partial charge in [0.25, 0.3) is 0 Å². The number of rotatable bonds is 5. The summed E-state index contributed by atoms with van der Waals surface area (Å²) in [6.45, 7) is 4.89. The Labute approximate surface area is 94.4 Å². The average molecular weight is 228 g/mol. The van der Waals surface area contributed by atoms with Crippen molar-refractivity contribution in [3.63, 3.8) is 0 Å². The van der Waals surface area contributed by atoms with Gasteiger partial charge in [-0.1, -0.05) is 17.3 Å². The minimum Gasteiger partial charge on any atom is -0.393 e. The van der Waals surface area contributed by atoms with Crippen molar-refractivity contribution in [2.75, 3.05) is 11.4 Å². The lowest BCUT2D eigenvalue weighted by molar-refractivity contribution is 0.631. The first-order valence-corrected chi connectivity index (χ1v) is 5.20. The SMILES string of the molecule is CC(C)N(CCC(N)=S)c1nnnn1C. The van der Waals surface area contributed by atoms with Crippen LogP contribution in [0.4, 0.5) is 5.95 Å². The molecule has 0 spiro atoms. The zero-order valence-electron chi connectivity index (χ0n) is 9.21. The van der Waals surface area contributed by atoms with Gasteiger partial charge in [0, 0.05) is 26.1 Å². The molecular weight excluding hydrogens is 212 g/mol. The van der Waals surface area contributed by atoms with Crippen LogP contribution >= 0.6 is 12.2 Å². The summed E-state index contributed by atoms with van der Waals surface area (Å²) in [5.41, 5.74) is 5.48. The molecule has 1 aromatic rings. The van der Waals surface area contributed by atoms with Gasteiger partial charge in [-0.2, -0.15) is 0 Å². The van der Waals surface area contributed by atoms with E-state index in [1.54, 1.807) is 4.68 Å². The summed E-state index contributed by atoms with van der Waals surface area (Å²) in [4.78, 5) is 2.58. The molecule has 0 aliphatic rings. The van der Waals surface area contributed by atoms with E-state index >= 15 is 0 Å². The number of thiocarbonyl (C=S) groups is 1. The first kappa shape index (κ1) is 11.8. The highest BCUT2D eigenvalue weighted by Gasteiger charge is 2.16. The number of aryl methyl sites for hydroxylation is 1. The van der Waals surface area contributed by atoms with Crippen LogP contribution in [0.2, 0.25) is 0 Å². The van der Waals surface area contributed by atoms with Crippen molar-refractivity contribution < 1.29 is 0 Å². The van der Waals surface area contributed by atoms with Crippen LogP contribution in [-0.4, -0.2) is 37.8 Å². The van der Waals surface area contributed by atoms with E-state index in [-0.39, 0.29) is 0 Å². The van der Waals surface area contributed by atoms with Crippen molar-refractivity contribution in [3.05, 3.63) is 0 Å². The summed E-state index contributed by atoms with van der Waals surface area (Å²) >= 11 is 4.86. The zero-order valence-corrected chi connectivity index (χ0v) is 10.0. The maximum Gasteiger partial charge on any atom is 0.245 e. The molecule has 0 saturated carbocycles. The van der Waals surface area contributed by atoms with E-state index in [0.29, 0.717) is 17.5 Å². The maximum atomic E-state index is 5.48. The second-order valence-electron chi connectivity index (χ2n) is 3.61. The van der Waals surface area contributed by atoms with Crippen molar-refractivity contribution in [3.8, 4) is 0 Å². The molecule has 0 aliphatic heterocycles. The number of hydrogen-bond acceptors (Lipinski definition) is 5. The van der Waals surface area contributed by atoms with Gasteiger partial charge in [-0.15, -0.1) is 0 Å². The van der Waals surface area contributed by atoms with E-state index in [9.17, 15) is 0 Å². The molecule has 2 N–H and O–H groups in total. The lowest BCUT2D eigenvalue weighted by Crippen LogP contribution is -2.35. The molecule has 0 saturated heterocycles. The summed E-state index contributed by atoms with van der Waals surface area (Å²) in [5.74, 6) is 0.737. The van der Waals surface area contributed by atoms with Gasteiger partial charge in [-0.3, -0.25) is 0 Å². The largest absolute Gasteiger partial charge is 0.393 e. The fourth-order valence-corrected chi connectivity index (χ4v) is 1.38. The number of aromatic nitrogens is 4. The third kappa shape index (κ3) is 3.12. The molecule has 0 amide bonds. The van der Waals surface area contributed by atoms with Gasteiger partial charge >= 0.3 is 0 Å². The van der Waals surface area contributed by atoms with Crippen LogP contribution in [0.15, 0.2) is 0 Å². The topological polar surface area (TPSA) is 72.9 Å². The number of anilines is 1. The molecule has 7 heteroatoms. The Morgan fingerprint density at radius 2 is 2.27 bits per heavy atom. The van der Waals surface area contributed by atoms with Crippen molar-refractivity contribution >= 4 is 23.2 Å². The molecule has 0 aromatic carbocycles. The van der Waals surface area contributed by atoms with Gasteiger partial charge in [0.2, 0.25) is 5.95 Å². The minimum absolute atomic E-state index is 0.309. The standard InChI is InChI=1S/C8H16N6S/c1-6(2)14(5-4-7(9)15)8-10-11-12-13(8)3/h6H,4-5H2,1-3H3,(H2,9,15). The predicted molar refractivity (Wildman–Crippen MR) is 62.7 cm³/mol. The van der Waals surface area contributed by atoms with Crippen LogP contribution in [-0.2, 0) is 7.05 Å². The van der Waals surface area contributed by atoms with E-state index < -0.39 is 0 Å². The molecule has 0 atom stereocenters. The number of hydrogen-bond donors (Lipinski definition) is 1. The monoisotopic (exact) mass is 228 g/mol. The van der Waals surface area contributed by atoms with Crippen LogP contribution in [0, 0.1) is 0 Å². The molecule has 84 valence electrons. The van der Waals surface area contributed by atoms with Gasteiger partial charge in [0.15, 0.2) is 0 Å². The number of tetrazole rings is 1. The zero-order chi connectivity index (χ0) is 11.4. The molecule has 0 aliphatic carbocycles. The molecule has 1 rings (SSSR count). The Morgan fingerprint density at radius 3 is 2.67 bits per heavy atom. The van der Waals surface area contributed by atoms with E-state index in [1.807, 2.05) is 7.05 Å². The van der Waals surface area contributed by atoms with Gasteiger partial charge in [0.1, 0.15) is 0 Å². The second kappa shape index (κ2) is 5.01. The maximum absolute atomic E-state index is 5.48. The molecule has 0 fully saturated rings. The van der Waals surface area contributed by atoms with Crippen LogP contribution < -0.4 is 10.6 Å². The Morgan fingerprint density at radius 1 is 1.60 bits per heavy atom. The summed E-state index contributed by atoms with van der Waals surface area (Å²) in [6, 6.07) is 0.309. The number of nitrogens with zero attached hydrogens (tertiary/aromatic N) is 5. The Balaban J connectivity index is 2.75. The highest BCUT2D eigenvalue weighted by atomic mass is 32.1. The van der Waals surface area contributed by atoms with Crippen molar-refractivity contribution in [1.82, 2.24) is 20.2 Å². The van der Waals surface area contributed by atoms with Gasteiger partial charge in [0.05, 0.1) is 4.99 Å². The molecule has 1 heterocycles. The number of nitrogens with two attached hydrogens (primary N) is 1. The smallest absolute Gasteiger partial charge is 0.245 e. The first-order valence-electron chi connectivity index (χ1n) is 4.79. The first-order chi connectivity index (χ1) is 7.02. The molecule has 15 heavy (non-hydrogen) atoms. The van der Waals surface area contributed by atoms with Gasteiger partial charge < -0.3 is 10.6 Å². The molecule has 6 nitrogen and oxygen atoms in total. The van der Waals surface area contributed by atoms with Crippen molar-refractivity contribution in [2.24, 2.45) is 12.8 Å². The minimum atomic E-state index is 0.309. The summed E-state index contributed by atoms with van der Waals surface area (Å²) < 4.78 is 1.64. The fourth-order valence-electron chi connectivity index (χ4n) is 1.29. The van der Waals surface area contributed by atoms with Crippen LogP contribution in [0.1, 0.15) is 20.3 Å². The molecule has 1 aromatic heterocycles. The van der Waals surface area contributed by atoms with Crippen molar-refractivity contribution in [1.29, 1.82) is 0 Å². The Kier molecular flexibility index (Phi) is 3.96. The lowest BCUT2D eigenvalue weighted by atomic mass is 10.3. The Hall–Kier alpha value is -1.24. The molecule has 0 radical (unpaired) electrons. The predicted octanol–water partition coefficient (Wildman–Crippen LogP) is 0.101. The van der Waals surface area contributed by atoms with Gasteiger partial charge in [-0.25, -0.2) is 4.68 Å². The summed E-state index contributed by atoms with van der Waals surface area (Å²) in [5, 5.41) is 11.4. The normalized spacial score (nSPS) is 10.7. The lowest BCUT2D eigenvalue weighted by Gasteiger charge is -2.26. The summed E-state index contributed by atoms with van der Waals surface area (Å²) in [6.07, 6.45) is 0.667. The third-order valence-corrected chi connectivity index (χ3v) is 2.28. The third-order valence-electron chi connectivity index (χ3n) is 2.08. The van der Waals surface area contributed by atoms with Crippen LogP contribution in [0.3, 0.4) is 0 Å². The van der Waals surface area contributed by atoms with E-state index in [4.69, 9.17) is 18.0 Å². The van der Waals surface area contributed by atoms with Crippen molar-refractivity contribution in [2.45, 2.75) is 26.3 Å². The quantitative estimate of drug-likeness (QED) is 0.721. The van der Waals surface area contributed by atoms with E-state index in [2.05, 4.69) is 34.3 Å². The average Bonchev–Trinajstić information content (AvgIpc) is 2.51. The van der Waals surface area contributed by atoms with Crippen LogP contribution in [0.25, 0.3) is 0 Å². The Bertz CT molecular complexity index is 334. The van der Waals surface area contributed by atoms with Crippen LogP contribution in [0.5, 0.6) is 0 Å².